The quantitative estimate of drug-likeness (QED) is 0.746. The molecule has 1 aromatic rings. The van der Waals surface area contributed by atoms with Crippen LogP contribution in [0, 0.1) is 0 Å². The van der Waals surface area contributed by atoms with Gasteiger partial charge >= 0.3 is 6.09 Å². The second kappa shape index (κ2) is 5.14. The summed E-state index contributed by atoms with van der Waals surface area (Å²) in [5.74, 6) is -0.284. The van der Waals surface area contributed by atoms with Crippen molar-refractivity contribution in [2.75, 3.05) is 12.0 Å². The van der Waals surface area contributed by atoms with Crippen molar-refractivity contribution in [1.29, 1.82) is 0 Å². The van der Waals surface area contributed by atoms with Gasteiger partial charge in [-0.1, -0.05) is 25.1 Å². The molecule has 0 aliphatic carbocycles. The highest BCUT2D eigenvalue weighted by Crippen LogP contribution is 2.15. The smallest absolute Gasteiger partial charge is 0.420 e. The molecule has 0 aliphatic rings. The van der Waals surface area contributed by atoms with Gasteiger partial charge in [-0.05, 0) is 12.1 Å². The number of rotatable bonds is 2. The van der Waals surface area contributed by atoms with Gasteiger partial charge in [0, 0.05) is 6.42 Å². The molecule has 1 rings (SSSR count). The largest absolute Gasteiger partial charge is 0.452 e. The highest BCUT2D eigenvalue weighted by atomic mass is 16.5. The molecule has 0 bridgehead atoms. The van der Waals surface area contributed by atoms with E-state index in [4.69, 9.17) is 0 Å². The molecular weight excluding hydrogens is 194 g/mol. The molecule has 4 nitrogen and oxygen atoms in total. The summed E-state index contributed by atoms with van der Waals surface area (Å²) >= 11 is 0. The van der Waals surface area contributed by atoms with E-state index in [2.05, 4.69) is 4.74 Å². The highest BCUT2D eigenvalue weighted by molar-refractivity contribution is 6.12. The Morgan fingerprint density at radius 3 is 2.33 bits per heavy atom. The second-order valence-electron chi connectivity index (χ2n) is 2.89. The zero-order chi connectivity index (χ0) is 11.3. The van der Waals surface area contributed by atoms with Crippen molar-refractivity contribution in [3.8, 4) is 0 Å². The van der Waals surface area contributed by atoms with Crippen LogP contribution >= 0.6 is 0 Å². The van der Waals surface area contributed by atoms with Gasteiger partial charge in [-0.15, -0.1) is 0 Å². The summed E-state index contributed by atoms with van der Waals surface area (Å²) in [6.07, 6.45) is -0.405. The fourth-order valence-corrected chi connectivity index (χ4v) is 1.18. The average molecular weight is 207 g/mol. The van der Waals surface area contributed by atoms with E-state index in [0.29, 0.717) is 5.69 Å². The minimum Gasteiger partial charge on any atom is -0.452 e. The number of amides is 2. The molecule has 0 saturated carbocycles. The summed E-state index contributed by atoms with van der Waals surface area (Å²) in [7, 11) is 1.25. The summed E-state index contributed by atoms with van der Waals surface area (Å²) < 4.78 is 4.56. The molecule has 0 unspecified atom stereocenters. The minimum absolute atomic E-state index is 0.254. The molecule has 0 aliphatic heterocycles. The van der Waals surface area contributed by atoms with Crippen LogP contribution in [0.5, 0.6) is 0 Å². The maximum atomic E-state index is 11.5. The van der Waals surface area contributed by atoms with Crippen LogP contribution < -0.4 is 4.90 Å². The van der Waals surface area contributed by atoms with Crippen LogP contribution in [-0.4, -0.2) is 19.1 Å². The molecule has 2 amide bonds. The van der Waals surface area contributed by atoms with Crippen molar-refractivity contribution in [2.24, 2.45) is 0 Å². The summed E-state index contributed by atoms with van der Waals surface area (Å²) in [6.45, 7) is 1.70. The minimum atomic E-state index is -0.659. The zero-order valence-corrected chi connectivity index (χ0v) is 8.77. The van der Waals surface area contributed by atoms with E-state index in [1.807, 2.05) is 6.07 Å². The molecule has 4 heteroatoms. The average Bonchev–Trinajstić information content (AvgIpc) is 2.30. The number of para-hydroxylation sites is 1. The maximum absolute atomic E-state index is 11.5. The molecule has 0 radical (unpaired) electrons. The first-order chi connectivity index (χ1) is 7.20. The molecule has 0 spiro atoms. The van der Waals surface area contributed by atoms with Gasteiger partial charge in [0.1, 0.15) is 0 Å². The standard InChI is InChI=1S/C11H13NO3/c1-3-10(13)12(11(14)15-2)9-7-5-4-6-8-9/h4-8H,3H2,1-2H3. The van der Waals surface area contributed by atoms with E-state index >= 15 is 0 Å². The first-order valence-electron chi connectivity index (χ1n) is 4.66. The van der Waals surface area contributed by atoms with Crippen molar-refractivity contribution < 1.29 is 14.3 Å². The number of hydrogen-bond acceptors (Lipinski definition) is 3. The van der Waals surface area contributed by atoms with Gasteiger partial charge in [0.25, 0.3) is 0 Å². The molecule has 0 N–H and O–H groups in total. The highest BCUT2D eigenvalue weighted by Gasteiger charge is 2.21. The number of nitrogens with zero attached hydrogens (tertiary/aromatic N) is 1. The molecule has 0 saturated heterocycles. The molecule has 80 valence electrons. The lowest BCUT2D eigenvalue weighted by Crippen LogP contribution is -2.36. The number of carbonyl (C=O) groups excluding carboxylic acids is 2. The first kappa shape index (κ1) is 11.2. The Balaban J connectivity index is 3.02. The number of ether oxygens (including phenoxy) is 1. The SMILES string of the molecule is CCC(=O)N(C(=O)OC)c1ccccc1. The Morgan fingerprint density at radius 1 is 1.27 bits per heavy atom. The van der Waals surface area contributed by atoms with E-state index in [-0.39, 0.29) is 12.3 Å². The predicted octanol–water partition coefficient (Wildman–Crippen LogP) is 2.20. The Bertz CT molecular complexity index is 332. The summed E-state index contributed by atoms with van der Waals surface area (Å²) in [4.78, 5) is 24.0. The third-order valence-corrected chi connectivity index (χ3v) is 1.92. The monoisotopic (exact) mass is 207 g/mol. The fraction of sp³-hybridized carbons (Fsp3) is 0.273. The second-order valence-corrected chi connectivity index (χ2v) is 2.89. The molecule has 0 fully saturated rings. The van der Waals surface area contributed by atoms with Crippen LogP contribution in [0.2, 0.25) is 0 Å². The van der Waals surface area contributed by atoms with Gasteiger partial charge in [0.15, 0.2) is 0 Å². The van der Waals surface area contributed by atoms with Gasteiger partial charge in [0.05, 0.1) is 12.8 Å². The van der Waals surface area contributed by atoms with Crippen molar-refractivity contribution >= 4 is 17.7 Å². The van der Waals surface area contributed by atoms with E-state index in [9.17, 15) is 9.59 Å². The molecule has 0 aromatic heterocycles. The topological polar surface area (TPSA) is 46.6 Å². The van der Waals surface area contributed by atoms with Gasteiger partial charge in [-0.2, -0.15) is 0 Å². The predicted molar refractivity (Wildman–Crippen MR) is 56.6 cm³/mol. The third kappa shape index (κ3) is 2.56. The van der Waals surface area contributed by atoms with Crippen LogP contribution in [-0.2, 0) is 9.53 Å². The number of methoxy groups -OCH3 is 1. The fourth-order valence-electron chi connectivity index (χ4n) is 1.18. The number of imide groups is 1. The maximum Gasteiger partial charge on any atom is 0.420 e. The Morgan fingerprint density at radius 2 is 1.87 bits per heavy atom. The Hall–Kier alpha value is -1.84. The number of anilines is 1. The summed E-state index contributed by atoms with van der Waals surface area (Å²) in [5, 5.41) is 0. The van der Waals surface area contributed by atoms with E-state index < -0.39 is 6.09 Å². The van der Waals surface area contributed by atoms with Gasteiger partial charge < -0.3 is 4.74 Å². The van der Waals surface area contributed by atoms with Crippen molar-refractivity contribution in [1.82, 2.24) is 0 Å². The van der Waals surface area contributed by atoms with Crippen molar-refractivity contribution in [3.63, 3.8) is 0 Å². The van der Waals surface area contributed by atoms with Crippen LogP contribution in [0.25, 0.3) is 0 Å². The Labute approximate surface area is 88.5 Å². The van der Waals surface area contributed by atoms with Crippen LogP contribution in [0.4, 0.5) is 10.5 Å². The molecule has 1 aromatic carbocycles. The van der Waals surface area contributed by atoms with Crippen molar-refractivity contribution in [3.05, 3.63) is 30.3 Å². The molecule has 0 heterocycles. The normalized spacial score (nSPS) is 9.47. The van der Waals surface area contributed by atoms with Crippen LogP contribution in [0.1, 0.15) is 13.3 Å². The van der Waals surface area contributed by atoms with E-state index in [1.165, 1.54) is 7.11 Å². The summed E-state index contributed by atoms with van der Waals surface area (Å²) in [5.41, 5.74) is 0.524. The zero-order valence-electron chi connectivity index (χ0n) is 8.77. The van der Waals surface area contributed by atoms with Crippen LogP contribution in [0.15, 0.2) is 30.3 Å². The first-order valence-corrected chi connectivity index (χ1v) is 4.66. The Kier molecular flexibility index (Phi) is 3.85. The number of benzene rings is 1. The molecule has 15 heavy (non-hydrogen) atoms. The van der Waals surface area contributed by atoms with Gasteiger partial charge in [0.2, 0.25) is 5.91 Å². The van der Waals surface area contributed by atoms with Gasteiger partial charge in [-0.25, -0.2) is 9.69 Å². The molecular formula is C11H13NO3. The van der Waals surface area contributed by atoms with Crippen molar-refractivity contribution in [2.45, 2.75) is 13.3 Å². The lowest BCUT2D eigenvalue weighted by atomic mass is 10.3. The van der Waals surface area contributed by atoms with Gasteiger partial charge in [-0.3, -0.25) is 4.79 Å². The van der Waals surface area contributed by atoms with E-state index in [0.717, 1.165) is 4.90 Å². The summed E-state index contributed by atoms with van der Waals surface area (Å²) in [6, 6.07) is 8.70. The lowest BCUT2D eigenvalue weighted by Gasteiger charge is -2.18. The number of carbonyl (C=O) groups is 2. The lowest BCUT2D eigenvalue weighted by molar-refractivity contribution is -0.117. The third-order valence-electron chi connectivity index (χ3n) is 1.92. The number of hydrogen-bond donors (Lipinski definition) is 0. The molecule has 0 atom stereocenters. The van der Waals surface area contributed by atoms with E-state index in [1.54, 1.807) is 31.2 Å². The van der Waals surface area contributed by atoms with Crippen LogP contribution in [0.3, 0.4) is 0 Å².